The maximum absolute atomic E-state index is 5.95. The van der Waals surface area contributed by atoms with Crippen LogP contribution in [0.15, 0.2) is 53.0 Å². The minimum absolute atomic E-state index is 0.480. The van der Waals surface area contributed by atoms with Gasteiger partial charge >= 0.3 is 0 Å². The van der Waals surface area contributed by atoms with Gasteiger partial charge in [-0.15, -0.1) is 0 Å². The van der Waals surface area contributed by atoms with E-state index in [0.29, 0.717) is 12.4 Å². The first-order valence-corrected chi connectivity index (χ1v) is 7.71. The van der Waals surface area contributed by atoms with Gasteiger partial charge in [0.15, 0.2) is 0 Å². The summed E-state index contributed by atoms with van der Waals surface area (Å²) in [4.78, 5) is 0. The van der Waals surface area contributed by atoms with Gasteiger partial charge in [0.25, 0.3) is 0 Å². The Labute approximate surface area is 137 Å². The van der Waals surface area contributed by atoms with E-state index in [1.807, 2.05) is 49.4 Å². The predicted octanol–water partition coefficient (Wildman–Crippen LogP) is 4.31. The molecule has 0 amide bonds. The quantitative estimate of drug-likeness (QED) is 0.731. The van der Waals surface area contributed by atoms with Gasteiger partial charge in [0.2, 0.25) is 0 Å². The van der Waals surface area contributed by atoms with Gasteiger partial charge in [-0.25, -0.2) is 0 Å². The second kappa shape index (κ2) is 6.23. The number of ether oxygens (including phenoxy) is 1. The maximum atomic E-state index is 5.95. The number of nitrogens with two attached hydrogens (primary N) is 1. The minimum Gasteiger partial charge on any atom is -0.487 e. The van der Waals surface area contributed by atoms with E-state index in [2.05, 4.69) is 32.2 Å². The average molecular weight is 358 g/mol. The standard InChI is InChI=1S/C17H16BrN3O/c1-11-7-13(15-9-16(19)21-20-15)8-14(18)17(11)22-10-12-5-3-2-4-6-12/h2-9H,10H2,1H3,(H3,19,20,21). The molecule has 1 aromatic heterocycles. The van der Waals surface area contributed by atoms with Crippen LogP contribution in [0.4, 0.5) is 5.82 Å². The molecule has 0 saturated heterocycles. The van der Waals surface area contributed by atoms with Crippen LogP contribution in [-0.4, -0.2) is 10.2 Å². The number of nitrogen functional groups attached to an aromatic ring is 1. The minimum atomic E-state index is 0.480. The van der Waals surface area contributed by atoms with Crippen LogP contribution in [0.3, 0.4) is 0 Å². The summed E-state index contributed by atoms with van der Waals surface area (Å²) in [5.74, 6) is 1.33. The van der Waals surface area contributed by atoms with Gasteiger partial charge in [0, 0.05) is 11.6 Å². The van der Waals surface area contributed by atoms with Crippen molar-refractivity contribution in [2.45, 2.75) is 13.5 Å². The fraction of sp³-hybridized carbons (Fsp3) is 0.118. The number of aromatic amines is 1. The van der Waals surface area contributed by atoms with Gasteiger partial charge in [-0.2, -0.15) is 5.10 Å². The lowest BCUT2D eigenvalue weighted by molar-refractivity contribution is 0.302. The van der Waals surface area contributed by atoms with Crippen LogP contribution in [0, 0.1) is 6.92 Å². The summed E-state index contributed by atoms with van der Waals surface area (Å²) in [6, 6.07) is 16.0. The molecular weight excluding hydrogens is 342 g/mol. The number of hydrogen-bond acceptors (Lipinski definition) is 3. The molecule has 5 heteroatoms. The topological polar surface area (TPSA) is 63.9 Å². The van der Waals surface area contributed by atoms with Crippen molar-refractivity contribution in [3.05, 3.63) is 64.1 Å². The van der Waals surface area contributed by atoms with Gasteiger partial charge in [-0.1, -0.05) is 30.3 Å². The number of aryl methyl sites for hydroxylation is 1. The Balaban J connectivity index is 1.84. The van der Waals surface area contributed by atoms with E-state index in [1.54, 1.807) is 0 Å². The van der Waals surface area contributed by atoms with Crippen molar-refractivity contribution < 1.29 is 4.74 Å². The molecule has 3 N–H and O–H groups in total. The lowest BCUT2D eigenvalue weighted by Gasteiger charge is -2.13. The van der Waals surface area contributed by atoms with Gasteiger partial charge in [0.1, 0.15) is 18.2 Å². The van der Waals surface area contributed by atoms with Crippen LogP contribution in [0.5, 0.6) is 5.75 Å². The van der Waals surface area contributed by atoms with Crippen LogP contribution in [-0.2, 0) is 6.61 Å². The highest BCUT2D eigenvalue weighted by molar-refractivity contribution is 9.10. The maximum Gasteiger partial charge on any atom is 0.145 e. The van der Waals surface area contributed by atoms with Crippen LogP contribution in [0.25, 0.3) is 11.3 Å². The van der Waals surface area contributed by atoms with Crippen molar-refractivity contribution in [3.8, 4) is 17.0 Å². The Morgan fingerprint density at radius 1 is 1.18 bits per heavy atom. The molecule has 0 unspecified atom stereocenters. The number of rotatable bonds is 4. The number of anilines is 1. The molecular formula is C17H16BrN3O. The van der Waals surface area contributed by atoms with Gasteiger partial charge < -0.3 is 10.5 Å². The number of benzene rings is 2. The lowest BCUT2D eigenvalue weighted by Crippen LogP contribution is -1.98. The molecule has 0 aliphatic heterocycles. The number of nitrogens with zero attached hydrogens (tertiary/aromatic N) is 1. The summed E-state index contributed by atoms with van der Waals surface area (Å²) >= 11 is 3.59. The summed E-state index contributed by atoms with van der Waals surface area (Å²) < 4.78 is 6.86. The number of H-pyrrole nitrogens is 1. The second-order valence-electron chi connectivity index (χ2n) is 5.08. The zero-order valence-electron chi connectivity index (χ0n) is 12.1. The lowest BCUT2D eigenvalue weighted by atomic mass is 10.1. The van der Waals surface area contributed by atoms with Crippen molar-refractivity contribution in [3.63, 3.8) is 0 Å². The Morgan fingerprint density at radius 2 is 1.95 bits per heavy atom. The fourth-order valence-corrected chi connectivity index (χ4v) is 2.96. The van der Waals surface area contributed by atoms with E-state index in [9.17, 15) is 0 Å². The molecule has 0 spiro atoms. The fourth-order valence-electron chi connectivity index (χ4n) is 2.28. The zero-order valence-corrected chi connectivity index (χ0v) is 13.7. The Morgan fingerprint density at radius 3 is 2.59 bits per heavy atom. The van der Waals surface area contributed by atoms with Crippen LogP contribution in [0.1, 0.15) is 11.1 Å². The van der Waals surface area contributed by atoms with E-state index in [0.717, 1.165) is 32.6 Å². The molecule has 22 heavy (non-hydrogen) atoms. The molecule has 2 aromatic carbocycles. The molecule has 0 aliphatic rings. The largest absolute Gasteiger partial charge is 0.487 e. The number of aromatic nitrogens is 2. The van der Waals surface area contributed by atoms with Crippen LogP contribution in [0.2, 0.25) is 0 Å². The molecule has 0 atom stereocenters. The summed E-state index contributed by atoms with van der Waals surface area (Å²) in [5, 5.41) is 6.87. The molecule has 1 heterocycles. The highest BCUT2D eigenvalue weighted by atomic mass is 79.9. The summed E-state index contributed by atoms with van der Waals surface area (Å²) in [6.45, 7) is 2.56. The number of halogens is 1. The Bertz CT molecular complexity index is 761. The van der Waals surface area contributed by atoms with Gasteiger partial charge in [0.05, 0.1) is 10.2 Å². The third-order valence-corrected chi connectivity index (χ3v) is 3.95. The van der Waals surface area contributed by atoms with Crippen molar-refractivity contribution in [2.75, 3.05) is 5.73 Å². The average Bonchev–Trinajstić information content (AvgIpc) is 2.94. The first kappa shape index (κ1) is 14.7. The van der Waals surface area contributed by atoms with Crippen molar-refractivity contribution in [1.29, 1.82) is 0 Å². The number of hydrogen-bond donors (Lipinski definition) is 2. The monoisotopic (exact) mass is 357 g/mol. The van der Waals surface area contributed by atoms with E-state index in [4.69, 9.17) is 10.5 Å². The molecule has 0 aliphatic carbocycles. The highest BCUT2D eigenvalue weighted by Gasteiger charge is 2.10. The third-order valence-electron chi connectivity index (χ3n) is 3.36. The Kier molecular flexibility index (Phi) is 4.15. The van der Waals surface area contributed by atoms with Crippen molar-refractivity contribution in [2.24, 2.45) is 0 Å². The van der Waals surface area contributed by atoms with E-state index in [1.165, 1.54) is 0 Å². The molecule has 0 radical (unpaired) electrons. The van der Waals surface area contributed by atoms with E-state index in [-0.39, 0.29) is 0 Å². The molecule has 3 aromatic rings. The first-order chi connectivity index (χ1) is 10.6. The molecule has 112 valence electrons. The Hall–Kier alpha value is -2.27. The third kappa shape index (κ3) is 3.14. The summed E-state index contributed by atoms with van der Waals surface area (Å²) in [6.07, 6.45) is 0. The van der Waals surface area contributed by atoms with Gasteiger partial charge in [-0.3, -0.25) is 5.10 Å². The molecule has 3 rings (SSSR count). The van der Waals surface area contributed by atoms with Crippen molar-refractivity contribution in [1.82, 2.24) is 10.2 Å². The van der Waals surface area contributed by atoms with E-state index >= 15 is 0 Å². The number of nitrogens with one attached hydrogen (secondary N) is 1. The predicted molar refractivity (Wildman–Crippen MR) is 91.6 cm³/mol. The first-order valence-electron chi connectivity index (χ1n) is 6.91. The molecule has 0 fully saturated rings. The molecule has 0 saturated carbocycles. The second-order valence-corrected chi connectivity index (χ2v) is 5.94. The normalized spacial score (nSPS) is 10.6. The summed E-state index contributed by atoms with van der Waals surface area (Å²) in [7, 11) is 0. The SMILES string of the molecule is Cc1cc(-c2cc(N)n[nH]2)cc(Br)c1OCc1ccccc1. The summed E-state index contributed by atoms with van der Waals surface area (Å²) in [5.41, 5.74) is 9.74. The van der Waals surface area contributed by atoms with Crippen molar-refractivity contribution >= 4 is 21.7 Å². The molecule has 4 nitrogen and oxygen atoms in total. The molecule has 0 bridgehead atoms. The van der Waals surface area contributed by atoms with Crippen LogP contribution >= 0.6 is 15.9 Å². The van der Waals surface area contributed by atoms with Gasteiger partial charge in [-0.05, 0) is 46.1 Å². The highest BCUT2D eigenvalue weighted by Crippen LogP contribution is 2.34. The smallest absolute Gasteiger partial charge is 0.145 e. The van der Waals surface area contributed by atoms with E-state index < -0.39 is 0 Å². The van der Waals surface area contributed by atoms with Crippen LogP contribution < -0.4 is 10.5 Å². The zero-order chi connectivity index (χ0) is 15.5.